The number of ether oxygens (including phenoxy) is 1. The second kappa shape index (κ2) is 4.00. The molecule has 1 aromatic carbocycles. The number of nitrogen functional groups attached to an aromatic ring is 1. The van der Waals surface area contributed by atoms with E-state index in [1.807, 2.05) is 32.9 Å². The second-order valence-electron chi connectivity index (χ2n) is 4.79. The molecule has 0 saturated carbocycles. The van der Waals surface area contributed by atoms with Gasteiger partial charge in [-0.05, 0) is 32.9 Å². The first-order chi connectivity index (χ1) is 7.88. The molecule has 1 aromatic heterocycles. The number of nitrogens with zero attached hydrogens (tertiary/aromatic N) is 1. The highest BCUT2D eigenvalue weighted by Gasteiger charge is 2.24. The standard InChI is InChI=1S/C12H14N2O2S/c1-12(2,3)10(15)16-7-5-4-6-8-9(7)14-11(13)17-8/h4-6H,1-3H3,(H2,13,14). The normalized spacial score (nSPS) is 11.7. The summed E-state index contributed by atoms with van der Waals surface area (Å²) in [7, 11) is 0. The Hall–Kier alpha value is -1.62. The molecule has 0 radical (unpaired) electrons. The van der Waals surface area contributed by atoms with Crippen molar-refractivity contribution in [1.82, 2.24) is 4.98 Å². The van der Waals surface area contributed by atoms with Crippen LogP contribution in [0.4, 0.5) is 5.13 Å². The summed E-state index contributed by atoms with van der Waals surface area (Å²) >= 11 is 1.38. The Bertz CT molecular complexity index is 569. The molecule has 90 valence electrons. The zero-order valence-corrected chi connectivity index (χ0v) is 10.8. The quantitative estimate of drug-likeness (QED) is 0.624. The Morgan fingerprint density at radius 3 is 2.76 bits per heavy atom. The number of benzene rings is 1. The summed E-state index contributed by atoms with van der Waals surface area (Å²) in [6, 6.07) is 5.45. The van der Waals surface area contributed by atoms with Crippen LogP contribution in [0.2, 0.25) is 0 Å². The van der Waals surface area contributed by atoms with E-state index in [1.54, 1.807) is 6.07 Å². The fraction of sp³-hybridized carbons (Fsp3) is 0.333. The van der Waals surface area contributed by atoms with Crippen molar-refractivity contribution in [1.29, 1.82) is 0 Å². The van der Waals surface area contributed by atoms with Crippen LogP contribution in [-0.4, -0.2) is 11.0 Å². The van der Waals surface area contributed by atoms with E-state index in [9.17, 15) is 4.79 Å². The van der Waals surface area contributed by atoms with Gasteiger partial charge in [0, 0.05) is 0 Å². The number of para-hydroxylation sites is 1. The van der Waals surface area contributed by atoms with Crippen molar-refractivity contribution >= 4 is 32.7 Å². The van der Waals surface area contributed by atoms with Crippen LogP contribution in [0.15, 0.2) is 18.2 Å². The topological polar surface area (TPSA) is 65.2 Å². The van der Waals surface area contributed by atoms with Crippen LogP contribution in [-0.2, 0) is 4.79 Å². The predicted molar refractivity (Wildman–Crippen MR) is 69.1 cm³/mol. The molecule has 0 saturated heterocycles. The number of hydrogen-bond acceptors (Lipinski definition) is 5. The Labute approximate surface area is 103 Å². The molecule has 0 bridgehead atoms. The molecule has 2 rings (SSSR count). The highest BCUT2D eigenvalue weighted by molar-refractivity contribution is 7.22. The maximum absolute atomic E-state index is 11.8. The van der Waals surface area contributed by atoms with Crippen LogP contribution in [0.3, 0.4) is 0 Å². The van der Waals surface area contributed by atoms with Gasteiger partial charge >= 0.3 is 5.97 Å². The fourth-order valence-corrected chi connectivity index (χ4v) is 2.03. The highest BCUT2D eigenvalue weighted by atomic mass is 32.1. The Morgan fingerprint density at radius 2 is 2.12 bits per heavy atom. The zero-order chi connectivity index (χ0) is 12.6. The third kappa shape index (κ3) is 2.39. The molecular formula is C12H14N2O2S. The van der Waals surface area contributed by atoms with E-state index in [0.717, 1.165) is 4.70 Å². The molecule has 0 atom stereocenters. The SMILES string of the molecule is CC(C)(C)C(=O)Oc1cccc2sc(N)nc12. The number of carbonyl (C=O) groups excluding carboxylic acids is 1. The molecule has 0 unspecified atom stereocenters. The van der Waals surface area contributed by atoms with Crippen LogP contribution >= 0.6 is 11.3 Å². The van der Waals surface area contributed by atoms with Gasteiger partial charge in [-0.25, -0.2) is 4.98 Å². The number of rotatable bonds is 1. The Morgan fingerprint density at radius 1 is 1.41 bits per heavy atom. The molecule has 0 spiro atoms. The maximum atomic E-state index is 11.8. The number of anilines is 1. The Kier molecular flexibility index (Phi) is 2.79. The summed E-state index contributed by atoms with van der Waals surface area (Å²) in [5.74, 6) is 0.187. The van der Waals surface area contributed by atoms with Crippen molar-refractivity contribution in [2.75, 3.05) is 5.73 Å². The predicted octanol–water partition coefficient (Wildman–Crippen LogP) is 2.83. The monoisotopic (exact) mass is 250 g/mol. The minimum atomic E-state index is -0.538. The van der Waals surface area contributed by atoms with Crippen molar-refractivity contribution in [3.63, 3.8) is 0 Å². The molecular weight excluding hydrogens is 236 g/mol. The molecule has 1 heterocycles. The first kappa shape index (κ1) is 11.9. The summed E-state index contributed by atoms with van der Waals surface area (Å²) in [5, 5.41) is 0.472. The molecule has 2 N–H and O–H groups in total. The number of aromatic nitrogens is 1. The van der Waals surface area contributed by atoms with Crippen molar-refractivity contribution in [2.45, 2.75) is 20.8 Å². The summed E-state index contributed by atoms with van der Waals surface area (Å²) in [6.07, 6.45) is 0. The van der Waals surface area contributed by atoms with Gasteiger partial charge in [0.2, 0.25) is 0 Å². The second-order valence-corrected chi connectivity index (χ2v) is 5.86. The van der Waals surface area contributed by atoms with E-state index in [2.05, 4.69) is 4.98 Å². The third-order valence-corrected chi connectivity index (χ3v) is 3.06. The van der Waals surface area contributed by atoms with Crippen molar-refractivity contribution in [3.05, 3.63) is 18.2 Å². The largest absolute Gasteiger partial charge is 0.424 e. The number of fused-ring (bicyclic) bond motifs is 1. The molecule has 0 amide bonds. The minimum Gasteiger partial charge on any atom is -0.424 e. The molecule has 2 aromatic rings. The van der Waals surface area contributed by atoms with E-state index < -0.39 is 5.41 Å². The lowest BCUT2D eigenvalue weighted by atomic mass is 9.97. The molecule has 17 heavy (non-hydrogen) atoms. The number of thiazole rings is 1. The summed E-state index contributed by atoms with van der Waals surface area (Å²) in [5.41, 5.74) is 5.75. The first-order valence-corrected chi connectivity index (χ1v) is 6.07. The number of carbonyl (C=O) groups is 1. The summed E-state index contributed by atoms with van der Waals surface area (Å²) in [6.45, 7) is 5.43. The zero-order valence-electron chi connectivity index (χ0n) is 9.98. The van der Waals surface area contributed by atoms with Crippen LogP contribution in [0, 0.1) is 5.41 Å². The smallest absolute Gasteiger partial charge is 0.316 e. The van der Waals surface area contributed by atoms with Gasteiger partial charge in [-0.15, -0.1) is 0 Å². The van der Waals surface area contributed by atoms with Crippen molar-refractivity contribution < 1.29 is 9.53 Å². The van der Waals surface area contributed by atoms with Crippen molar-refractivity contribution in [2.24, 2.45) is 5.41 Å². The maximum Gasteiger partial charge on any atom is 0.316 e. The molecule has 0 aliphatic rings. The van der Waals surface area contributed by atoms with E-state index >= 15 is 0 Å². The van der Waals surface area contributed by atoms with Gasteiger partial charge in [0.15, 0.2) is 10.9 Å². The van der Waals surface area contributed by atoms with Crippen LogP contribution in [0.25, 0.3) is 10.2 Å². The van der Waals surface area contributed by atoms with E-state index in [0.29, 0.717) is 16.4 Å². The van der Waals surface area contributed by atoms with E-state index in [4.69, 9.17) is 10.5 Å². The molecule has 0 aliphatic heterocycles. The number of nitrogens with two attached hydrogens (primary N) is 1. The number of hydrogen-bond donors (Lipinski definition) is 1. The average molecular weight is 250 g/mol. The van der Waals surface area contributed by atoms with Crippen LogP contribution in [0.5, 0.6) is 5.75 Å². The van der Waals surface area contributed by atoms with Gasteiger partial charge in [-0.2, -0.15) is 0 Å². The average Bonchev–Trinajstić information content (AvgIpc) is 2.58. The molecule has 0 fully saturated rings. The first-order valence-electron chi connectivity index (χ1n) is 5.25. The summed E-state index contributed by atoms with van der Waals surface area (Å²) in [4.78, 5) is 16.0. The van der Waals surface area contributed by atoms with Gasteiger partial charge in [0.1, 0.15) is 5.52 Å². The Balaban J connectivity index is 2.39. The van der Waals surface area contributed by atoms with Crippen LogP contribution in [0.1, 0.15) is 20.8 Å². The van der Waals surface area contributed by atoms with Gasteiger partial charge in [0.25, 0.3) is 0 Å². The lowest BCUT2D eigenvalue weighted by Gasteiger charge is -2.16. The third-order valence-electron chi connectivity index (χ3n) is 2.21. The highest BCUT2D eigenvalue weighted by Crippen LogP contribution is 2.31. The molecule has 5 heteroatoms. The molecule has 0 aliphatic carbocycles. The lowest BCUT2D eigenvalue weighted by Crippen LogP contribution is -2.25. The van der Waals surface area contributed by atoms with E-state index in [-0.39, 0.29) is 5.97 Å². The lowest BCUT2D eigenvalue weighted by molar-refractivity contribution is -0.142. The van der Waals surface area contributed by atoms with Gasteiger partial charge in [-0.1, -0.05) is 17.4 Å². The summed E-state index contributed by atoms with van der Waals surface area (Å²) < 4.78 is 6.27. The van der Waals surface area contributed by atoms with Crippen LogP contribution < -0.4 is 10.5 Å². The molecule has 4 nitrogen and oxygen atoms in total. The van der Waals surface area contributed by atoms with Gasteiger partial charge in [0.05, 0.1) is 10.1 Å². The van der Waals surface area contributed by atoms with Gasteiger partial charge < -0.3 is 10.5 Å². The van der Waals surface area contributed by atoms with Crippen molar-refractivity contribution in [3.8, 4) is 5.75 Å². The minimum absolute atomic E-state index is 0.281. The number of esters is 1. The van der Waals surface area contributed by atoms with Gasteiger partial charge in [-0.3, -0.25) is 4.79 Å². The fourth-order valence-electron chi connectivity index (χ4n) is 1.28. The van der Waals surface area contributed by atoms with E-state index in [1.165, 1.54) is 11.3 Å².